The lowest BCUT2D eigenvalue weighted by atomic mass is 10.1. The molecule has 0 radical (unpaired) electrons. The lowest BCUT2D eigenvalue weighted by Crippen LogP contribution is -2.04. The Balaban J connectivity index is 1.90. The normalized spacial score (nSPS) is 11.6. The third-order valence-corrected chi connectivity index (χ3v) is 2.80. The molecule has 0 saturated heterocycles. The lowest BCUT2D eigenvalue weighted by Gasteiger charge is -2.05. The third-order valence-electron chi connectivity index (χ3n) is 2.80. The molecule has 0 amide bonds. The highest BCUT2D eigenvalue weighted by Gasteiger charge is 2.30. The second kappa shape index (κ2) is 5.01. The van der Waals surface area contributed by atoms with Crippen LogP contribution in [0.1, 0.15) is 5.56 Å². The highest BCUT2D eigenvalue weighted by atomic mass is 19.4. The first-order valence-corrected chi connectivity index (χ1v) is 5.96. The fourth-order valence-electron chi connectivity index (χ4n) is 1.76. The van der Waals surface area contributed by atoms with Crippen LogP contribution in [0.25, 0.3) is 22.8 Å². The molecule has 0 atom stereocenters. The van der Waals surface area contributed by atoms with Gasteiger partial charge in [-0.1, -0.05) is 17.3 Å². The van der Waals surface area contributed by atoms with E-state index in [0.29, 0.717) is 11.1 Å². The molecule has 0 aliphatic heterocycles. The summed E-state index contributed by atoms with van der Waals surface area (Å²) >= 11 is 0. The topological polar surface area (TPSA) is 51.8 Å². The standard InChI is InChI=1S/C14H8F3N3O/c15-14(16,17)11-5-3-9(4-6-11)12-19-13(21-20-12)10-2-1-7-18-8-10/h1-8H. The van der Waals surface area contributed by atoms with Gasteiger partial charge in [-0.2, -0.15) is 18.2 Å². The van der Waals surface area contributed by atoms with Crippen molar-refractivity contribution in [3.63, 3.8) is 0 Å². The van der Waals surface area contributed by atoms with E-state index in [-0.39, 0.29) is 11.7 Å². The van der Waals surface area contributed by atoms with Crippen molar-refractivity contribution in [2.45, 2.75) is 6.18 Å². The lowest BCUT2D eigenvalue weighted by molar-refractivity contribution is -0.137. The maximum atomic E-state index is 12.5. The molecule has 7 heteroatoms. The zero-order chi connectivity index (χ0) is 14.9. The van der Waals surface area contributed by atoms with Crippen LogP contribution in [0.15, 0.2) is 53.3 Å². The predicted molar refractivity (Wildman–Crippen MR) is 68.0 cm³/mol. The van der Waals surface area contributed by atoms with Crippen LogP contribution in [0, 0.1) is 0 Å². The SMILES string of the molecule is FC(F)(F)c1ccc(-c2noc(-c3cccnc3)n2)cc1. The summed E-state index contributed by atoms with van der Waals surface area (Å²) in [5, 5.41) is 3.76. The second-order valence-electron chi connectivity index (χ2n) is 4.24. The van der Waals surface area contributed by atoms with Crippen molar-refractivity contribution in [2.75, 3.05) is 0 Å². The van der Waals surface area contributed by atoms with E-state index in [1.165, 1.54) is 12.1 Å². The minimum atomic E-state index is -4.36. The maximum absolute atomic E-state index is 12.5. The summed E-state index contributed by atoms with van der Waals surface area (Å²) in [5.74, 6) is 0.487. The summed E-state index contributed by atoms with van der Waals surface area (Å²) < 4.78 is 42.6. The Bertz CT molecular complexity index is 736. The molecule has 3 rings (SSSR count). The molecule has 0 fully saturated rings. The number of hydrogen-bond acceptors (Lipinski definition) is 4. The van der Waals surface area contributed by atoms with Gasteiger partial charge in [-0.25, -0.2) is 0 Å². The van der Waals surface area contributed by atoms with E-state index in [1.54, 1.807) is 24.5 Å². The number of aromatic nitrogens is 3. The molecule has 1 aromatic carbocycles. The van der Waals surface area contributed by atoms with Gasteiger partial charge in [0.25, 0.3) is 5.89 Å². The zero-order valence-electron chi connectivity index (χ0n) is 10.5. The summed E-state index contributed by atoms with van der Waals surface area (Å²) in [6, 6.07) is 8.04. The Morgan fingerprint density at radius 3 is 2.33 bits per heavy atom. The van der Waals surface area contributed by atoms with Crippen LogP contribution in [0.3, 0.4) is 0 Å². The van der Waals surface area contributed by atoms with Gasteiger partial charge in [0.05, 0.1) is 11.1 Å². The van der Waals surface area contributed by atoms with Gasteiger partial charge in [-0.3, -0.25) is 4.98 Å². The minimum Gasteiger partial charge on any atom is -0.334 e. The molecule has 2 aromatic heterocycles. The summed E-state index contributed by atoms with van der Waals surface area (Å²) in [4.78, 5) is 8.07. The largest absolute Gasteiger partial charge is 0.416 e. The van der Waals surface area contributed by atoms with Gasteiger partial charge in [-0.05, 0) is 24.3 Å². The highest BCUT2D eigenvalue weighted by molar-refractivity contribution is 5.59. The van der Waals surface area contributed by atoms with E-state index in [4.69, 9.17) is 4.52 Å². The Morgan fingerprint density at radius 1 is 0.952 bits per heavy atom. The molecule has 3 aromatic rings. The molecule has 2 heterocycles. The van der Waals surface area contributed by atoms with E-state index in [1.807, 2.05) is 0 Å². The average Bonchev–Trinajstić information content (AvgIpc) is 2.97. The number of benzene rings is 1. The number of rotatable bonds is 2. The monoisotopic (exact) mass is 291 g/mol. The van der Waals surface area contributed by atoms with Crippen molar-refractivity contribution in [2.24, 2.45) is 0 Å². The van der Waals surface area contributed by atoms with E-state index in [0.717, 1.165) is 12.1 Å². The summed E-state index contributed by atoms with van der Waals surface area (Å²) in [6.07, 6.45) is -1.20. The minimum absolute atomic E-state index is 0.225. The van der Waals surface area contributed by atoms with Crippen LogP contribution in [-0.2, 0) is 6.18 Å². The Morgan fingerprint density at radius 2 is 1.71 bits per heavy atom. The molecule has 0 bridgehead atoms. The molecule has 0 aliphatic rings. The summed E-state index contributed by atoms with van der Waals surface area (Å²) in [7, 11) is 0. The number of halogens is 3. The van der Waals surface area contributed by atoms with Crippen LogP contribution in [-0.4, -0.2) is 15.1 Å². The molecule has 0 unspecified atom stereocenters. The predicted octanol–water partition coefficient (Wildman–Crippen LogP) is 3.82. The van der Waals surface area contributed by atoms with E-state index >= 15 is 0 Å². The van der Waals surface area contributed by atoms with Crippen LogP contribution >= 0.6 is 0 Å². The van der Waals surface area contributed by atoms with Gasteiger partial charge in [0.2, 0.25) is 5.82 Å². The smallest absolute Gasteiger partial charge is 0.334 e. The second-order valence-corrected chi connectivity index (χ2v) is 4.24. The number of hydrogen-bond donors (Lipinski definition) is 0. The first-order valence-electron chi connectivity index (χ1n) is 5.96. The molecular formula is C14H8F3N3O. The van der Waals surface area contributed by atoms with Crippen LogP contribution in [0.2, 0.25) is 0 Å². The zero-order valence-corrected chi connectivity index (χ0v) is 10.5. The van der Waals surface area contributed by atoms with Gasteiger partial charge in [0.15, 0.2) is 0 Å². The molecule has 0 aliphatic carbocycles. The summed E-state index contributed by atoms with van der Waals surface area (Å²) in [5.41, 5.74) is 0.368. The molecule has 106 valence electrons. The molecule has 0 spiro atoms. The van der Waals surface area contributed by atoms with Gasteiger partial charge < -0.3 is 4.52 Å². The Hall–Kier alpha value is -2.70. The number of alkyl halides is 3. The van der Waals surface area contributed by atoms with Crippen LogP contribution in [0.5, 0.6) is 0 Å². The first kappa shape index (κ1) is 13.3. The van der Waals surface area contributed by atoms with Crippen molar-refractivity contribution >= 4 is 0 Å². The molecule has 0 saturated carbocycles. The van der Waals surface area contributed by atoms with Crippen LogP contribution in [0.4, 0.5) is 13.2 Å². The Kier molecular flexibility index (Phi) is 3.17. The van der Waals surface area contributed by atoms with Gasteiger partial charge in [-0.15, -0.1) is 0 Å². The van der Waals surface area contributed by atoms with Crippen molar-refractivity contribution in [3.8, 4) is 22.8 Å². The first-order chi connectivity index (χ1) is 10.0. The molecular weight excluding hydrogens is 283 g/mol. The highest BCUT2D eigenvalue weighted by Crippen LogP contribution is 2.30. The third kappa shape index (κ3) is 2.76. The van der Waals surface area contributed by atoms with Crippen molar-refractivity contribution in [1.82, 2.24) is 15.1 Å². The van der Waals surface area contributed by atoms with Crippen LogP contribution < -0.4 is 0 Å². The average molecular weight is 291 g/mol. The van der Waals surface area contributed by atoms with Crippen molar-refractivity contribution in [1.29, 1.82) is 0 Å². The van der Waals surface area contributed by atoms with Crippen molar-refractivity contribution in [3.05, 3.63) is 54.4 Å². The number of pyridine rings is 1. The fourth-order valence-corrected chi connectivity index (χ4v) is 1.76. The summed E-state index contributed by atoms with van der Waals surface area (Å²) in [6.45, 7) is 0. The van der Waals surface area contributed by atoms with Crippen molar-refractivity contribution < 1.29 is 17.7 Å². The van der Waals surface area contributed by atoms with Gasteiger partial charge in [0, 0.05) is 18.0 Å². The molecule has 4 nitrogen and oxygen atoms in total. The van der Waals surface area contributed by atoms with E-state index in [2.05, 4.69) is 15.1 Å². The molecule has 0 N–H and O–H groups in total. The van der Waals surface area contributed by atoms with Gasteiger partial charge >= 0.3 is 6.18 Å². The fraction of sp³-hybridized carbons (Fsp3) is 0.0714. The number of nitrogens with zero attached hydrogens (tertiary/aromatic N) is 3. The Labute approximate surface area is 117 Å². The van der Waals surface area contributed by atoms with Gasteiger partial charge in [0.1, 0.15) is 0 Å². The maximum Gasteiger partial charge on any atom is 0.416 e. The molecule has 21 heavy (non-hydrogen) atoms. The van der Waals surface area contributed by atoms with E-state index in [9.17, 15) is 13.2 Å². The van der Waals surface area contributed by atoms with E-state index < -0.39 is 11.7 Å². The quantitative estimate of drug-likeness (QED) is 0.720.